The number of thiazole rings is 1. The Morgan fingerprint density at radius 1 is 1.50 bits per heavy atom. The Kier molecular flexibility index (Phi) is 4.72. The number of hydrogen-bond donors (Lipinski definition) is 1. The second-order valence-electron chi connectivity index (χ2n) is 4.77. The van der Waals surface area contributed by atoms with Gasteiger partial charge >= 0.3 is 0 Å². The van der Waals surface area contributed by atoms with Crippen LogP contribution in [-0.2, 0) is 22.6 Å². The van der Waals surface area contributed by atoms with Crippen LogP contribution in [0.25, 0.3) is 0 Å². The van der Waals surface area contributed by atoms with Crippen LogP contribution in [0.3, 0.4) is 0 Å². The highest BCUT2D eigenvalue weighted by molar-refractivity contribution is 7.11. The summed E-state index contributed by atoms with van der Waals surface area (Å²) in [4.78, 5) is 17.4. The number of methoxy groups -OCH3 is 1. The molecule has 0 unspecified atom stereocenters. The maximum Gasteiger partial charge on any atom is 0.225 e. The number of carbonyl (C=O) groups is 1. The summed E-state index contributed by atoms with van der Waals surface area (Å²) < 4.78 is 5.06. The van der Waals surface area contributed by atoms with Gasteiger partial charge in [0.2, 0.25) is 5.91 Å². The SMILES string of the molecule is COCc1nc(C)c(CC(=O)NC2CCCC2)s1. The molecule has 1 aromatic heterocycles. The van der Waals surface area contributed by atoms with Crippen molar-refractivity contribution in [1.82, 2.24) is 10.3 Å². The van der Waals surface area contributed by atoms with Crippen LogP contribution in [0.4, 0.5) is 0 Å². The molecule has 0 spiro atoms. The number of aryl methyl sites for hydroxylation is 1. The molecule has 0 radical (unpaired) electrons. The van der Waals surface area contributed by atoms with Crippen LogP contribution in [0.15, 0.2) is 0 Å². The van der Waals surface area contributed by atoms with Crippen molar-refractivity contribution in [2.45, 2.75) is 51.7 Å². The van der Waals surface area contributed by atoms with Gasteiger partial charge in [0, 0.05) is 18.0 Å². The summed E-state index contributed by atoms with van der Waals surface area (Å²) in [6, 6.07) is 0.393. The molecular weight excluding hydrogens is 248 g/mol. The summed E-state index contributed by atoms with van der Waals surface area (Å²) in [5, 5.41) is 4.05. The van der Waals surface area contributed by atoms with Gasteiger partial charge in [0.1, 0.15) is 5.01 Å². The molecular formula is C13H20N2O2S. The Morgan fingerprint density at radius 2 is 2.22 bits per heavy atom. The van der Waals surface area contributed by atoms with Crippen LogP contribution >= 0.6 is 11.3 Å². The molecule has 0 aromatic carbocycles. The molecule has 1 saturated carbocycles. The van der Waals surface area contributed by atoms with Crippen LogP contribution in [0.1, 0.15) is 41.3 Å². The number of amides is 1. The van der Waals surface area contributed by atoms with Crippen LogP contribution in [0.5, 0.6) is 0 Å². The zero-order chi connectivity index (χ0) is 13.0. The lowest BCUT2D eigenvalue weighted by atomic mass is 10.2. The van der Waals surface area contributed by atoms with E-state index in [1.54, 1.807) is 18.4 Å². The van der Waals surface area contributed by atoms with E-state index in [9.17, 15) is 4.79 Å². The number of nitrogens with one attached hydrogen (secondary N) is 1. The number of nitrogens with zero attached hydrogens (tertiary/aromatic N) is 1. The van der Waals surface area contributed by atoms with E-state index in [1.807, 2.05) is 6.92 Å². The largest absolute Gasteiger partial charge is 0.378 e. The van der Waals surface area contributed by atoms with Crippen molar-refractivity contribution in [3.63, 3.8) is 0 Å². The molecule has 0 saturated heterocycles. The highest BCUT2D eigenvalue weighted by atomic mass is 32.1. The molecule has 18 heavy (non-hydrogen) atoms. The molecule has 0 aliphatic heterocycles. The Balaban J connectivity index is 1.89. The minimum absolute atomic E-state index is 0.123. The molecule has 1 aromatic rings. The summed E-state index contributed by atoms with van der Waals surface area (Å²) in [7, 11) is 1.66. The fourth-order valence-corrected chi connectivity index (χ4v) is 3.37. The van der Waals surface area contributed by atoms with Crippen LogP contribution in [0, 0.1) is 6.92 Å². The fraction of sp³-hybridized carbons (Fsp3) is 0.692. The summed E-state index contributed by atoms with van der Waals surface area (Å²) in [6.07, 6.45) is 5.18. The van der Waals surface area contributed by atoms with Gasteiger partial charge in [-0.2, -0.15) is 0 Å². The molecule has 2 rings (SSSR count). The first kappa shape index (κ1) is 13.5. The minimum atomic E-state index is 0.123. The van der Waals surface area contributed by atoms with Crippen molar-refractivity contribution in [3.05, 3.63) is 15.6 Å². The Morgan fingerprint density at radius 3 is 2.89 bits per heavy atom. The minimum Gasteiger partial charge on any atom is -0.378 e. The third-order valence-corrected chi connectivity index (χ3v) is 4.38. The molecule has 100 valence electrons. The summed E-state index contributed by atoms with van der Waals surface area (Å²) >= 11 is 1.57. The van der Waals surface area contributed by atoms with E-state index in [1.165, 1.54) is 12.8 Å². The Bertz CT molecular complexity index is 411. The van der Waals surface area contributed by atoms with Crippen molar-refractivity contribution >= 4 is 17.2 Å². The maximum atomic E-state index is 11.9. The second kappa shape index (κ2) is 6.29. The smallest absolute Gasteiger partial charge is 0.225 e. The van der Waals surface area contributed by atoms with E-state index >= 15 is 0 Å². The first-order valence-corrected chi connectivity index (χ1v) is 7.24. The predicted octanol–water partition coefficient (Wildman–Crippen LogP) is 2.20. The van der Waals surface area contributed by atoms with E-state index in [0.29, 0.717) is 19.1 Å². The van der Waals surface area contributed by atoms with Gasteiger partial charge in [-0.25, -0.2) is 4.98 Å². The molecule has 0 bridgehead atoms. The highest BCUT2D eigenvalue weighted by Gasteiger charge is 2.18. The monoisotopic (exact) mass is 268 g/mol. The topological polar surface area (TPSA) is 51.2 Å². The summed E-state index contributed by atoms with van der Waals surface area (Å²) in [5.41, 5.74) is 0.952. The summed E-state index contributed by atoms with van der Waals surface area (Å²) in [5.74, 6) is 0.123. The molecule has 1 fully saturated rings. The van der Waals surface area contributed by atoms with E-state index in [2.05, 4.69) is 10.3 Å². The van der Waals surface area contributed by atoms with Crippen LogP contribution in [-0.4, -0.2) is 24.0 Å². The van der Waals surface area contributed by atoms with Gasteiger partial charge in [0.05, 0.1) is 18.7 Å². The molecule has 1 aliphatic carbocycles. The third-order valence-electron chi connectivity index (χ3n) is 3.25. The van der Waals surface area contributed by atoms with Gasteiger partial charge in [-0.05, 0) is 19.8 Å². The van der Waals surface area contributed by atoms with Crippen molar-refractivity contribution in [1.29, 1.82) is 0 Å². The Hall–Kier alpha value is -0.940. The first-order chi connectivity index (χ1) is 8.69. The second-order valence-corrected chi connectivity index (χ2v) is 5.94. The molecule has 1 N–H and O–H groups in total. The van der Waals surface area contributed by atoms with Gasteiger partial charge < -0.3 is 10.1 Å². The van der Waals surface area contributed by atoms with E-state index in [0.717, 1.165) is 28.4 Å². The normalized spacial score (nSPS) is 16.1. The number of rotatable bonds is 5. The fourth-order valence-electron chi connectivity index (χ4n) is 2.33. The third kappa shape index (κ3) is 3.53. The van der Waals surface area contributed by atoms with Gasteiger partial charge in [-0.3, -0.25) is 4.79 Å². The summed E-state index contributed by atoms with van der Waals surface area (Å²) in [6.45, 7) is 2.48. The van der Waals surface area contributed by atoms with Crippen molar-refractivity contribution in [3.8, 4) is 0 Å². The molecule has 4 nitrogen and oxygen atoms in total. The van der Waals surface area contributed by atoms with E-state index < -0.39 is 0 Å². The zero-order valence-corrected chi connectivity index (χ0v) is 11.8. The van der Waals surface area contributed by atoms with Crippen molar-refractivity contribution in [2.75, 3.05) is 7.11 Å². The number of hydrogen-bond acceptors (Lipinski definition) is 4. The molecule has 5 heteroatoms. The van der Waals surface area contributed by atoms with Crippen LogP contribution < -0.4 is 5.32 Å². The number of ether oxygens (including phenoxy) is 1. The zero-order valence-electron chi connectivity index (χ0n) is 11.0. The van der Waals surface area contributed by atoms with Crippen molar-refractivity contribution in [2.24, 2.45) is 0 Å². The highest BCUT2D eigenvalue weighted by Crippen LogP contribution is 2.21. The lowest BCUT2D eigenvalue weighted by Gasteiger charge is -2.11. The van der Waals surface area contributed by atoms with Crippen LogP contribution in [0.2, 0.25) is 0 Å². The predicted molar refractivity (Wildman–Crippen MR) is 71.7 cm³/mol. The molecule has 1 aliphatic rings. The average molecular weight is 268 g/mol. The van der Waals surface area contributed by atoms with Gasteiger partial charge in [-0.15, -0.1) is 11.3 Å². The van der Waals surface area contributed by atoms with E-state index in [-0.39, 0.29) is 5.91 Å². The van der Waals surface area contributed by atoms with Crippen molar-refractivity contribution < 1.29 is 9.53 Å². The molecule has 1 heterocycles. The van der Waals surface area contributed by atoms with Gasteiger partial charge in [0.25, 0.3) is 0 Å². The van der Waals surface area contributed by atoms with Gasteiger partial charge in [0.15, 0.2) is 0 Å². The van der Waals surface area contributed by atoms with Gasteiger partial charge in [-0.1, -0.05) is 12.8 Å². The quantitative estimate of drug-likeness (QED) is 0.890. The standard InChI is InChI=1S/C13H20N2O2S/c1-9-11(18-13(14-9)8-17-2)7-12(16)15-10-5-3-4-6-10/h10H,3-8H2,1-2H3,(H,15,16). The Labute approximate surface area is 112 Å². The van der Waals surface area contributed by atoms with E-state index in [4.69, 9.17) is 4.74 Å². The molecule has 1 amide bonds. The lowest BCUT2D eigenvalue weighted by molar-refractivity contribution is -0.121. The average Bonchev–Trinajstić information content (AvgIpc) is 2.91. The first-order valence-electron chi connectivity index (χ1n) is 6.42. The maximum absolute atomic E-state index is 11.9. The molecule has 0 atom stereocenters. The number of carbonyl (C=O) groups excluding carboxylic acids is 1. The lowest BCUT2D eigenvalue weighted by Crippen LogP contribution is -2.33. The number of aromatic nitrogens is 1.